The minimum atomic E-state index is 0.0643. The highest BCUT2D eigenvalue weighted by Crippen LogP contribution is 2.40. The molecule has 4 N–H and O–H groups in total. The van der Waals surface area contributed by atoms with Crippen LogP contribution in [0.3, 0.4) is 0 Å². The van der Waals surface area contributed by atoms with Gasteiger partial charge in [0, 0.05) is 35.8 Å². The van der Waals surface area contributed by atoms with Gasteiger partial charge in [0.2, 0.25) is 0 Å². The van der Waals surface area contributed by atoms with E-state index in [9.17, 15) is 0 Å². The van der Waals surface area contributed by atoms with Crippen LogP contribution in [-0.4, -0.2) is 62.3 Å². The highest BCUT2D eigenvalue weighted by Gasteiger charge is 2.18. The average Bonchev–Trinajstić information content (AvgIpc) is 3.27. The molecular weight excluding hydrogens is 506 g/mol. The summed E-state index contributed by atoms with van der Waals surface area (Å²) in [6.07, 6.45) is 1.62. The minimum Gasteiger partial charge on any atom is -0.493 e. The Morgan fingerprint density at radius 3 is 2.65 bits per heavy atom. The third kappa shape index (κ3) is 9.70. The molecule has 1 atom stereocenters. The maximum absolute atomic E-state index is 6.11. The molecule has 0 amide bonds. The molecule has 0 saturated carbocycles. The topological polar surface area (TPSA) is 108 Å². The van der Waals surface area contributed by atoms with E-state index in [4.69, 9.17) is 30.7 Å². The van der Waals surface area contributed by atoms with E-state index >= 15 is 0 Å². The van der Waals surface area contributed by atoms with Crippen LogP contribution in [-0.2, 0) is 4.74 Å². The van der Waals surface area contributed by atoms with Crippen LogP contribution in [0, 0.1) is 6.92 Å². The lowest BCUT2D eigenvalue weighted by atomic mass is 10.2. The summed E-state index contributed by atoms with van der Waals surface area (Å²) in [4.78, 5) is 12.7. The molecule has 0 aliphatic carbocycles. The molecule has 1 aromatic heterocycles. The fraction of sp³-hybridized carbons (Fsp3) is 0.481. The molecule has 2 heterocycles. The van der Waals surface area contributed by atoms with E-state index in [0.717, 1.165) is 59.7 Å². The lowest BCUT2D eigenvalue weighted by Gasteiger charge is -2.26. The normalized spacial score (nSPS) is 15.5. The number of amidine groups is 1. The molecule has 1 fully saturated rings. The van der Waals surface area contributed by atoms with E-state index in [1.165, 1.54) is 11.8 Å². The van der Waals surface area contributed by atoms with Crippen LogP contribution < -0.4 is 20.9 Å². The molecule has 37 heavy (non-hydrogen) atoms. The van der Waals surface area contributed by atoms with Crippen LogP contribution in [0.4, 0.5) is 0 Å². The zero-order chi connectivity index (χ0) is 27.4. The van der Waals surface area contributed by atoms with Crippen molar-refractivity contribution in [1.82, 2.24) is 9.88 Å². The summed E-state index contributed by atoms with van der Waals surface area (Å²) in [5.41, 5.74) is 14.1. The maximum Gasteiger partial charge on any atom is 0.161 e. The Balaban J connectivity index is 0.00000235. The van der Waals surface area contributed by atoms with Gasteiger partial charge >= 0.3 is 0 Å². The van der Waals surface area contributed by atoms with Crippen molar-refractivity contribution in [1.29, 1.82) is 0 Å². The van der Waals surface area contributed by atoms with Crippen LogP contribution in [0.2, 0.25) is 0 Å². The zero-order valence-corrected chi connectivity index (χ0v) is 24.5. The fourth-order valence-electron chi connectivity index (χ4n) is 3.64. The van der Waals surface area contributed by atoms with Gasteiger partial charge in [-0.1, -0.05) is 32.2 Å². The smallest absolute Gasteiger partial charge is 0.161 e. The number of ether oxygens (including phenoxy) is 3. The Morgan fingerprint density at radius 1 is 1.30 bits per heavy atom. The van der Waals surface area contributed by atoms with Gasteiger partial charge in [-0.25, -0.2) is 9.98 Å². The van der Waals surface area contributed by atoms with Gasteiger partial charge in [-0.3, -0.25) is 4.90 Å². The lowest BCUT2D eigenvalue weighted by molar-refractivity contribution is 0.0321. The number of hydrogen-bond donors (Lipinski definition) is 2. The molecule has 1 saturated heterocycles. The monoisotopic (exact) mass is 547 g/mol. The number of aryl methyl sites for hydroxylation is 1. The quantitative estimate of drug-likeness (QED) is 0.286. The summed E-state index contributed by atoms with van der Waals surface area (Å²) in [5.74, 6) is 1.77. The second-order valence-corrected chi connectivity index (χ2v) is 10.8. The number of benzene rings is 1. The fourth-order valence-corrected chi connectivity index (χ4v) is 5.62. The molecule has 8 nitrogen and oxygen atoms in total. The van der Waals surface area contributed by atoms with Gasteiger partial charge < -0.3 is 25.7 Å². The Morgan fingerprint density at radius 2 is 2.00 bits per heavy atom. The van der Waals surface area contributed by atoms with E-state index in [2.05, 4.69) is 30.3 Å². The molecule has 1 aliphatic rings. The van der Waals surface area contributed by atoms with Crippen molar-refractivity contribution < 1.29 is 14.2 Å². The third-order valence-electron chi connectivity index (χ3n) is 5.34. The van der Waals surface area contributed by atoms with Gasteiger partial charge in [-0.2, -0.15) is 0 Å². The number of allylic oxidation sites excluding steroid dienone is 1. The minimum absolute atomic E-state index is 0.0643. The molecule has 0 spiro atoms. The Kier molecular flexibility index (Phi) is 13.0. The molecule has 204 valence electrons. The van der Waals surface area contributed by atoms with Crippen molar-refractivity contribution in [3.05, 3.63) is 52.2 Å². The first-order valence-corrected chi connectivity index (χ1v) is 14.2. The summed E-state index contributed by atoms with van der Waals surface area (Å²) < 4.78 is 17.0. The summed E-state index contributed by atoms with van der Waals surface area (Å²) >= 11 is 3.17. The molecule has 3 rings (SSSR count). The molecule has 0 bridgehead atoms. The third-order valence-corrected chi connectivity index (χ3v) is 7.31. The van der Waals surface area contributed by atoms with Crippen LogP contribution in [0.25, 0.3) is 10.6 Å². The van der Waals surface area contributed by atoms with Crippen molar-refractivity contribution in [3.8, 4) is 22.1 Å². The first-order chi connectivity index (χ1) is 17.8. The molecule has 0 radical (unpaired) electrons. The van der Waals surface area contributed by atoms with Crippen molar-refractivity contribution in [3.63, 3.8) is 0 Å². The first-order valence-electron chi connectivity index (χ1n) is 12.5. The average molecular weight is 548 g/mol. The summed E-state index contributed by atoms with van der Waals surface area (Å²) in [7, 11) is 1.65. The van der Waals surface area contributed by atoms with Crippen LogP contribution in [0.1, 0.15) is 43.5 Å². The van der Waals surface area contributed by atoms with Crippen molar-refractivity contribution in [2.24, 2.45) is 16.5 Å². The number of aliphatic imine (C=N–C) groups is 1. The number of nitrogens with zero attached hydrogens (tertiary/aromatic N) is 3. The molecular formula is C27H41N5O3S2. The Bertz CT molecular complexity index is 1070. The zero-order valence-electron chi connectivity index (χ0n) is 22.9. The number of thiazole rings is 1. The predicted molar refractivity (Wildman–Crippen MR) is 158 cm³/mol. The summed E-state index contributed by atoms with van der Waals surface area (Å²) in [6.45, 7) is 18.8. The molecule has 1 aliphatic heterocycles. The molecule has 10 heteroatoms. The molecule has 2 aromatic rings. The van der Waals surface area contributed by atoms with Crippen molar-refractivity contribution in [2.75, 3.05) is 46.6 Å². The first kappa shape index (κ1) is 30.7. The van der Waals surface area contributed by atoms with Gasteiger partial charge in [0.25, 0.3) is 0 Å². The number of aromatic nitrogens is 1. The standard InChI is InChI=1S/C25H35N5O3S2.C2H6/c1-16(26)14-23(27)28-19(4)34-17(2)24-18(3)35-25(29-24)20-6-7-21(31-5)22(15-20)33-13-10-30-8-11-32-12-9-30;1-2/h6-7,14-15,17H,4,8-13,26H2,1-3,5H3,(H2,27,28);1-2H3/b16-14+;. The summed E-state index contributed by atoms with van der Waals surface area (Å²) in [5, 5.41) is 1.61. The van der Waals surface area contributed by atoms with E-state index in [-0.39, 0.29) is 5.25 Å². The maximum atomic E-state index is 6.11. The van der Waals surface area contributed by atoms with Gasteiger partial charge in [0.15, 0.2) is 11.5 Å². The number of thioether (sulfide) groups is 1. The summed E-state index contributed by atoms with van der Waals surface area (Å²) in [6, 6.07) is 5.95. The van der Waals surface area contributed by atoms with Gasteiger partial charge in [-0.05, 0) is 45.0 Å². The Labute approximate surface area is 229 Å². The molecule has 1 aromatic carbocycles. The van der Waals surface area contributed by atoms with Crippen LogP contribution in [0.15, 0.2) is 46.6 Å². The van der Waals surface area contributed by atoms with Crippen molar-refractivity contribution >= 4 is 28.9 Å². The SMILES string of the molecule is C=C(/N=C(N)\C=C(/C)N)SC(C)c1nc(-c2ccc(OC)c(OCCN3CCOCC3)c2)sc1C.CC. The van der Waals surface area contributed by atoms with Crippen molar-refractivity contribution in [2.45, 2.75) is 39.9 Å². The predicted octanol–water partition coefficient (Wildman–Crippen LogP) is 5.35. The van der Waals surface area contributed by atoms with Gasteiger partial charge in [0.05, 0.1) is 36.3 Å². The van der Waals surface area contributed by atoms with E-state index < -0.39 is 0 Å². The second-order valence-electron chi connectivity index (χ2n) is 8.21. The Hall–Kier alpha value is -2.53. The second kappa shape index (κ2) is 15.7. The highest BCUT2D eigenvalue weighted by molar-refractivity contribution is 8.03. The van der Waals surface area contributed by atoms with Gasteiger partial charge in [0.1, 0.15) is 17.5 Å². The number of morpholine rings is 1. The van der Waals surface area contributed by atoms with E-state index in [1.807, 2.05) is 32.0 Å². The number of methoxy groups -OCH3 is 1. The lowest BCUT2D eigenvalue weighted by Crippen LogP contribution is -2.38. The number of nitrogens with two attached hydrogens (primary N) is 2. The van der Waals surface area contributed by atoms with Gasteiger partial charge in [-0.15, -0.1) is 11.3 Å². The van der Waals surface area contributed by atoms with Crippen LogP contribution in [0.5, 0.6) is 11.5 Å². The van der Waals surface area contributed by atoms with Crippen LogP contribution >= 0.6 is 23.1 Å². The van der Waals surface area contributed by atoms with E-state index in [0.29, 0.717) is 28.9 Å². The van der Waals surface area contributed by atoms with E-state index in [1.54, 1.807) is 31.4 Å². The largest absolute Gasteiger partial charge is 0.493 e. The molecule has 1 unspecified atom stereocenters. The highest BCUT2D eigenvalue weighted by atomic mass is 32.2. The number of hydrogen-bond acceptors (Lipinski definition) is 9. The number of rotatable bonds is 11.